The average molecular weight is 480 g/mol. The van der Waals surface area contributed by atoms with E-state index in [4.69, 9.17) is 18.9 Å². The van der Waals surface area contributed by atoms with Crippen LogP contribution in [-0.2, 0) is 23.7 Å². The van der Waals surface area contributed by atoms with Gasteiger partial charge >= 0.3 is 5.97 Å². The molecule has 7 heteroatoms. The fraction of sp³-hybridized carbons (Fsp3) is 0.679. The third kappa shape index (κ3) is 2.01. The quantitative estimate of drug-likeness (QED) is 0.506. The van der Waals surface area contributed by atoms with E-state index in [1.165, 1.54) is 0 Å². The van der Waals surface area contributed by atoms with Gasteiger partial charge in [-0.15, -0.1) is 0 Å². The lowest BCUT2D eigenvalue weighted by molar-refractivity contribution is -0.159. The standard InChI is InChI=1S/C28H33NO6/c1-14(2)26-21(34-26)22-28(35-22)24(4)9-8-17-18(12-32-23(17)30)19(24)11-20-27(28,33-20)25(26,31)13-29-16-7-5-6-15(3)10-16/h5-7,10,14,19-22,29,31H,8-9,11-13H2,1-4H3/t19-,20-,21-,22-,24-,25-,26-,27+,28+/m0/s1. The van der Waals surface area contributed by atoms with Crippen LogP contribution in [0.2, 0.25) is 0 Å². The summed E-state index contributed by atoms with van der Waals surface area (Å²) in [4.78, 5) is 12.4. The van der Waals surface area contributed by atoms with E-state index in [0.717, 1.165) is 35.2 Å². The number of cyclic esters (lactones) is 1. The van der Waals surface area contributed by atoms with Gasteiger partial charge < -0.3 is 29.4 Å². The van der Waals surface area contributed by atoms with E-state index < -0.39 is 22.4 Å². The molecule has 1 aromatic carbocycles. The molecule has 35 heavy (non-hydrogen) atoms. The lowest BCUT2D eigenvalue weighted by Gasteiger charge is -2.56. The van der Waals surface area contributed by atoms with Crippen LogP contribution in [0.1, 0.15) is 45.6 Å². The van der Waals surface area contributed by atoms with Crippen molar-refractivity contribution in [1.29, 1.82) is 0 Å². The number of aliphatic hydroxyl groups is 1. The van der Waals surface area contributed by atoms with Crippen LogP contribution in [0, 0.1) is 24.2 Å². The largest absolute Gasteiger partial charge is 0.458 e. The molecule has 9 atom stereocenters. The Hall–Kier alpha value is -1.93. The van der Waals surface area contributed by atoms with Crippen molar-refractivity contribution in [1.82, 2.24) is 0 Å². The van der Waals surface area contributed by atoms with Gasteiger partial charge in [0, 0.05) is 23.2 Å². The first kappa shape index (κ1) is 21.2. The molecule has 0 bridgehead atoms. The van der Waals surface area contributed by atoms with Crippen LogP contribution >= 0.6 is 0 Å². The molecule has 2 saturated carbocycles. The lowest BCUT2D eigenvalue weighted by atomic mass is 9.44. The minimum atomic E-state index is -1.26. The molecule has 0 amide bonds. The number of rotatable bonds is 4. The van der Waals surface area contributed by atoms with E-state index >= 15 is 0 Å². The van der Waals surface area contributed by atoms with Gasteiger partial charge in [0.15, 0.2) is 5.60 Å². The number of aryl methyl sites for hydroxylation is 1. The summed E-state index contributed by atoms with van der Waals surface area (Å²) in [5, 5.41) is 16.4. The summed E-state index contributed by atoms with van der Waals surface area (Å²) in [6.45, 7) is 9.34. The van der Waals surface area contributed by atoms with Gasteiger partial charge in [0.1, 0.15) is 35.6 Å². The molecular weight excluding hydrogens is 446 g/mol. The summed E-state index contributed by atoms with van der Waals surface area (Å²) in [7, 11) is 0. The molecule has 0 unspecified atom stereocenters. The summed E-state index contributed by atoms with van der Waals surface area (Å²) < 4.78 is 25.5. The number of fused-ring (bicyclic) bond motifs is 4. The third-order valence-corrected chi connectivity index (χ3v) is 11.0. The van der Waals surface area contributed by atoms with E-state index in [2.05, 4.69) is 45.1 Å². The number of hydrogen-bond donors (Lipinski definition) is 2. The average Bonchev–Trinajstić information content (AvgIpc) is 3.71. The van der Waals surface area contributed by atoms with Crippen molar-refractivity contribution in [3.63, 3.8) is 0 Å². The van der Waals surface area contributed by atoms with E-state index in [1.54, 1.807) is 0 Å². The van der Waals surface area contributed by atoms with Gasteiger partial charge in [-0.25, -0.2) is 4.79 Å². The molecule has 2 N–H and O–H groups in total. The Morgan fingerprint density at radius 2 is 2.00 bits per heavy atom. The molecule has 8 rings (SSSR count). The number of ether oxygens (including phenoxy) is 4. The molecule has 0 radical (unpaired) electrons. The number of benzene rings is 1. The van der Waals surface area contributed by atoms with Gasteiger partial charge in [-0.3, -0.25) is 0 Å². The normalized spacial score (nSPS) is 51.9. The van der Waals surface area contributed by atoms with Crippen molar-refractivity contribution in [3.8, 4) is 0 Å². The number of nitrogens with one attached hydrogen (secondary N) is 1. The predicted octanol–water partition coefficient (Wildman–Crippen LogP) is 2.89. The van der Waals surface area contributed by atoms with E-state index in [1.807, 2.05) is 12.1 Å². The molecule has 3 aliphatic carbocycles. The van der Waals surface area contributed by atoms with Crippen LogP contribution in [0.5, 0.6) is 0 Å². The number of esters is 1. The zero-order valence-corrected chi connectivity index (χ0v) is 20.7. The molecular formula is C28H33NO6. The van der Waals surface area contributed by atoms with Crippen molar-refractivity contribution in [2.75, 3.05) is 18.5 Å². The van der Waals surface area contributed by atoms with Gasteiger partial charge in [-0.2, -0.15) is 0 Å². The molecule has 0 aromatic heterocycles. The maximum Gasteiger partial charge on any atom is 0.334 e. The highest BCUT2D eigenvalue weighted by Gasteiger charge is 3.04. The monoisotopic (exact) mass is 479 g/mol. The highest BCUT2D eigenvalue weighted by molar-refractivity contribution is 5.92. The summed E-state index contributed by atoms with van der Waals surface area (Å²) >= 11 is 0. The van der Waals surface area contributed by atoms with Crippen molar-refractivity contribution >= 4 is 11.7 Å². The van der Waals surface area contributed by atoms with Gasteiger partial charge in [-0.1, -0.05) is 32.9 Å². The molecule has 4 aliphatic heterocycles. The van der Waals surface area contributed by atoms with Gasteiger partial charge in [-0.05, 0) is 61.3 Å². The molecule has 5 fully saturated rings. The Kier molecular flexibility index (Phi) is 3.61. The SMILES string of the molecule is Cc1cccc(NC[C@@]2(O)[C@]34O[C@H]3C[C@H]3C5=C(CC[C@]3(C)[C@@]43O[C@H]3[C@@H]3O[C@@]32C(C)C)C(=O)OC5)c1. The lowest BCUT2D eigenvalue weighted by Crippen LogP contribution is -2.77. The first-order chi connectivity index (χ1) is 16.7. The molecule has 7 aliphatic rings. The van der Waals surface area contributed by atoms with Crippen LogP contribution in [0.25, 0.3) is 0 Å². The molecule has 7 nitrogen and oxygen atoms in total. The zero-order chi connectivity index (χ0) is 24.2. The van der Waals surface area contributed by atoms with Crippen LogP contribution < -0.4 is 5.32 Å². The van der Waals surface area contributed by atoms with Crippen LogP contribution in [0.4, 0.5) is 5.69 Å². The smallest absolute Gasteiger partial charge is 0.334 e. The zero-order valence-electron chi connectivity index (χ0n) is 20.7. The Morgan fingerprint density at radius 1 is 1.17 bits per heavy atom. The maximum atomic E-state index is 12.9. The predicted molar refractivity (Wildman–Crippen MR) is 126 cm³/mol. The second-order valence-electron chi connectivity index (χ2n) is 12.5. The topological polar surface area (TPSA) is 96.1 Å². The first-order valence-electron chi connectivity index (χ1n) is 13.1. The Labute approximate surface area is 205 Å². The van der Waals surface area contributed by atoms with E-state index in [9.17, 15) is 9.90 Å². The van der Waals surface area contributed by atoms with E-state index in [0.29, 0.717) is 19.6 Å². The second-order valence-corrected chi connectivity index (χ2v) is 12.5. The van der Waals surface area contributed by atoms with E-state index in [-0.39, 0.29) is 41.5 Å². The fourth-order valence-corrected chi connectivity index (χ4v) is 9.34. The highest BCUT2D eigenvalue weighted by Crippen LogP contribution is 2.85. The number of carbonyl (C=O) groups is 1. The van der Waals surface area contributed by atoms with Crippen LogP contribution in [0.15, 0.2) is 35.4 Å². The second kappa shape index (κ2) is 5.96. The summed E-state index contributed by atoms with van der Waals surface area (Å²) in [6, 6.07) is 8.22. The number of anilines is 1. The Morgan fingerprint density at radius 3 is 2.77 bits per heavy atom. The van der Waals surface area contributed by atoms with Gasteiger partial charge in [0.2, 0.25) is 0 Å². The number of hydrogen-bond acceptors (Lipinski definition) is 7. The Bertz CT molecular complexity index is 1230. The minimum absolute atomic E-state index is 0.0953. The highest BCUT2D eigenvalue weighted by atomic mass is 16.7. The van der Waals surface area contributed by atoms with Gasteiger partial charge in [0.25, 0.3) is 0 Å². The van der Waals surface area contributed by atoms with Crippen molar-refractivity contribution in [2.45, 2.75) is 87.7 Å². The first-order valence-corrected chi connectivity index (χ1v) is 13.1. The summed E-state index contributed by atoms with van der Waals surface area (Å²) in [5.41, 5.74) is 0.456. The molecule has 2 spiro atoms. The minimum Gasteiger partial charge on any atom is -0.458 e. The number of epoxide rings is 3. The van der Waals surface area contributed by atoms with Crippen molar-refractivity contribution in [3.05, 3.63) is 41.0 Å². The maximum absolute atomic E-state index is 12.9. The molecule has 3 saturated heterocycles. The summed E-state index contributed by atoms with van der Waals surface area (Å²) in [5.74, 6) is 0.0983. The summed E-state index contributed by atoms with van der Waals surface area (Å²) in [6.07, 6.45) is 1.90. The number of carbonyl (C=O) groups excluding carboxylic acids is 1. The van der Waals surface area contributed by atoms with Crippen molar-refractivity contribution in [2.24, 2.45) is 17.3 Å². The van der Waals surface area contributed by atoms with Crippen LogP contribution in [0.3, 0.4) is 0 Å². The molecule has 4 heterocycles. The third-order valence-electron chi connectivity index (χ3n) is 11.0. The van der Waals surface area contributed by atoms with Crippen molar-refractivity contribution < 1.29 is 28.8 Å². The fourth-order valence-electron chi connectivity index (χ4n) is 9.34. The van der Waals surface area contributed by atoms with Gasteiger partial charge in [0.05, 0.1) is 6.10 Å². The molecule has 1 aromatic rings. The molecule has 186 valence electrons. The Balaban J connectivity index is 1.25. The van der Waals surface area contributed by atoms with Crippen LogP contribution in [-0.4, -0.2) is 64.9 Å².